The molecule has 0 aromatic rings. The molecule has 0 aliphatic rings. The highest BCUT2D eigenvalue weighted by Crippen LogP contribution is 2.14. The van der Waals surface area contributed by atoms with Crippen molar-refractivity contribution in [1.82, 2.24) is 4.90 Å². The number of methoxy groups -OCH3 is 1. The summed E-state index contributed by atoms with van der Waals surface area (Å²) in [6.45, 7) is 0.601. The van der Waals surface area contributed by atoms with E-state index in [4.69, 9.17) is 0 Å². The summed E-state index contributed by atoms with van der Waals surface area (Å²) >= 11 is 0. The molecular weight excluding hydrogens is 267 g/mol. The molecule has 0 saturated heterocycles. The van der Waals surface area contributed by atoms with E-state index in [0.717, 1.165) is 0 Å². The summed E-state index contributed by atoms with van der Waals surface area (Å²) in [7, 11) is 1.24. The summed E-state index contributed by atoms with van der Waals surface area (Å²) in [4.78, 5) is 23.9. The molecule has 0 aromatic heterocycles. The second kappa shape index (κ2) is 8.73. The standard InChI is InChI=1S/C11H18F3NO4/c1-3-15(6-4-10(17)18-2)9(16)5-7-19-8-11(12,13)14/h3-8H2,1-2H3. The monoisotopic (exact) mass is 285 g/mol. The largest absolute Gasteiger partial charge is 0.469 e. The highest BCUT2D eigenvalue weighted by molar-refractivity contribution is 5.77. The Bertz CT molecular complexity index is 294. The summed E-state index contributed by atoms with van der Waals surface area (Å²) < 4.78 is 44.1. The highest BCUT2D eigenvalue weighted by atomic mass is 19.4. The molecular formula is C11H18F3NO4. The number of carbonyl (C=O) groups is 2. The minimum atomic E-state index is -4.39. The van der Waals surface area contributed by atoms with Crippen LogP contribution in [0.2, 0.25) is 0 Å². The Morgan fingerprint density at radius 2 is 1.84 bits per heavy atom. The molecule has 0 spiro atoms. The van der Waals surface area contributed by atoms with Crippen molar-refractivity contribution < 1.29 is 32.2 Å². The molecule has 5 nitrogen and oxygen atoms in total. The average molecular weight is 285 g/mol. The van der Waals surface area contributed by atoms with Crippen LogP contribution in [0.1, 0.15) is 19.8 Å². The van der Waals surface area contributed by atoms with Crippen LogP contribution in [0.5, 0.6) is 0 Å². The number of ether oxygens (including phenoxy) is 2. The van der Waals surface area contributed by atoms with Gasteiger partial charge in [0.25, 0.3) is 0 Å². The number of amides is 1. The maximum absolute atomic E-state index is 11.8. The first-order valence-corrected chi connectivity index (χ1v) is 5.79. The molecule has 19 heavy (non-hydrogen) atoms. The van der Waals surface area contributed by atoms with Crippen molar-refractivity contribution in [2.24, 2.45) is 0 Å². The molecule has 0 rings (SSSR count). The van der Waals surface area contributed by atoms with Crippen LogP contribution in [0, 0.1) is 0 Å². The van der Waals surface area contributed by atoms with Gasteiger partial charge in [-0.25, -0.2) is 0 Å². The number of hydrogen-bond donors (Lipinski definition) is 0. The third kappa shape index (κ3) is 9.29. The van der Waals surface area contributed by atoms with Gasteiger partial charge < -0.3 is 14.4 Å². The van der Waals surface area contributed by atoms with Crippen molar-refractivity contribution in [2.45, 2.75) is 25.9 Å². The van der Waals surface area contributed by atoms with Gasteiger partial charge in [0.2, 0.25) is 5.91 Å². The number of halogens is 3. The van der Waals surface area contributed by atoms with Crippen molar-refractivity contribution in [3.63, 3.8) is 0 Å². The Kier molecular flexibility index (Phi) is 8.13. The summed E-state index contributed by atoms with van der Waals surface area (Å²) in [6, 6.07) is 0. The molecule has 0 fully saturated rings. The normalized spacial score (nSPS) is 11.2. The Hall–Kier alpha value is -1.31. The van der Waals surface area contributed by atoms with Crippen molar-refractivity contribution in [3.05, 3.63) is 0 Å². The lowest BCUT2D eigenvalue weighted by Crippen LogP contribution is -2.33. The number of alkyl halides is 3. The minimum Gasteiger partial charge on any atom is -0.469 e. The van der Waals surface area contributed by atoms with E-state index < -0.39 is 18.8 Å². The highest BCUT2D eigenvalue weighted by Gasteiger charge is 2.27. The fraction of sp³-hybridized carbons (Fsp3) is 0.818. The van der Waals surface area contributed by atoms with Crippen LogP contribution < -0.4 is 0 Å². The minimum absolute atomic E-state index is 0.0550. The Balaban J connectivity index is 3.91. The van der Waals surface area contributed by atoms with E-state index in [0.29, 0.717) is 6.54 Å². The molecule has 0 heterocycles. The van der Waals surface area contributed by atoms with Gasteiger partial charge in [-0.2, -0.15) is 13.2 Å². The molecule has 0 aliphatic heterocycles. The van der Waals surface area contributed by atoms with E-state index in [1.807, 2.05) is 0 Å². The summed E-state index contributed by atoms with van der Waals surface area (Å²) in [5.41, 5.74) is 0. The smallest absolute Gasteiger partial charge is 0.411 e. The van der Waals surface area contributed by atoms with E-state index in [-0.39, 0.29) is 31.9 Å². The third-order valence-electron chi connectivity index (χ3n) is 2.27. The lowest BCUT2D eigenvalue weighted by molar-refractivity contribution is -0.175. The van der Waals surface area contributed by atoms with Gasteiger partial charge in [0, 0.05) is 13.1 Å². The zero-order valence-corrected chi connectivity index (χ0v) is 11.0. The van der Waals surface area contributed by atoms with Crippen LogP contribution in [0.4, 0.5) is 13.2 Å². The zero-order valence-electron chi connectivity index (χ0n) is 11.0. The van der Waals surface area contributed by atoms with E-state index in [1.54, 1.807) is 6.92 Å². The van der Waals surface area contributed by atoms with Gasteiger partial charge in [-0.1, -0.05) is 0 Å². The molecule has 0 N–H and O–H groups in total. The van der Waals surface area contributed by atoms with E-state index in [2.05, 4.69) is 9.47 Å². The first-order chi connectivity index (χ1) is 8.80. The fourth-order valence-corrected chi connectivity index (χ4v) is 1.29. The van der Waals surface area contributed by atoms with Gasteiger partial charge in [-0.15, -0.1) is 0 Å². The predicted molar refractivity (Wildman–Crippen MR) is 60.4 cm³/mol. The summed E-state index contributed by atoms with van der Waals surface area (Å²) in [6.07, 6.45) is -4.48. The molecule has 0 bridgehead atoms. The predicted octanol–water partition coefficient (Wildman–Crippen LogP) is 1.37. The molecule has 0 unspecified atom stereocenters. The van der Waals surface area contributed by atoms with Crippen LogP contribution in [0.15, 0.2) is 0 Å². The van der Waals surface area contributed by atoms with Crippen LogP contribution in [-0.4, -0.2) is 56.4 Å². The number of carbonyl (C=O) groups excluding carboxylic acids is 2. The van der Waals surface area contributed by atoms with Crippen LogP contribution >= 0.6 is 0 Å². The van der Waals surface area contributed by atoms with Crippen LogP contribution in [0.3, 0.4) is 0 Å². The Morgan fingerprint density at radius 1 is 1.21 bits per heavy atom. The number of hydrogen-bond acceptors (Lipinski definition) is 4. The number of rotatable bonds is 8. The fourth-order valence-electron chi connectivity index (χ4n) is 1.29. The van der Waals surface area contributed by atoms with Crippen molar-refractivity contribution in [3.8, 4) is 0 Å². The van der Waals surface area contributed by atoms with Gasteiger partial charge >= 0.3 is 12.1 Å². The Morgan fingerprint density at radius 3 is 2.32 bits per heavy atom. The third-order valence-corrected chi connectivity index (χ3v) is 2.27. The molecule has 112 valence electrons. The Labute approximate surface area is 109 Å². The van der Waals surface area contributed by atoms with Crippen LogP contribution in [0.25, 0.3) is 0 Å². The maximum atomic E-state index is 11.8. The first-order valence-electron chi connectivity index (χ1n) is 5.79. The lowest BCUT2D eigenvalue weighted by atomic mass is 10.3. The van der Waals surface area contributed by atoms with Crippen molar-refractivity contribution >= 4 is 11.9 Å². The molecule has 0 saturated carbocycles. The summed E-state index contributed by atoms with van der Waals surface area (Å²) in [5.74, 6) is -0.798. The second-order valence-corrected chi connectivity index (χ2v) is 3.72. The number of esters is 1. The molecule has 0 atom stereocenters. The van der Waals surface area contributed by atoms with Gasteiger partial charge in [0.1, 0.15) is 6.61 Å². The molecule has 0 aliphatic carbocycles. The van der Waals surface area contributed by atoms with Crippen LogP contribution in [-0.2, 0) is 19.1 Å². The maximum Gasteiger partial charge on any atom is 0.411 e. The van der Waals surface area contributed by atoms with Gasteiger partial charge in [-0.3, -0.25) is 9.59 Å². The van der Waals surface area contributed by atoms with E-state index in [9.17, 15) is 22.8 Å². The SMILES string of the molecule is CCN(CCC(=O)OC)C(=O)CCOCC(F)(F)F. The molecule has 0 aromatic carbocycles. The molecule has 8 heteroatoms. The zero-order chi connectivity index (χ0) is 14.9. The number of nitrogens with zero attached hydrogens (tertiary/aromatic N) is 1. The topological polar surface area (TPSA) is 55.8 Å². The van der Waals surface area contributed by atoms with Crippen molar-refractivity contribution in [2.75, 3.05) is 33.4 Å². The van der Waals surface area contributed by atoms with E-state index >= 15 is 0 Å². The molecule has 1 amide bonds. The quantitative estimate of drug-likeness (QED) is 0.499. The van der Waals surface area contributed by atoms with Gasteiger partial charge in [0.15, 0.2) is 0 Å². The van der Waals surface area contributed by atoms with Gasteiger partial charge in [0.05, 0.1) is 26.6 Å². The van der Waals surface area contributed by atoms with E-state index in [1.165, 1.54) is 12.0 Å². The van der Waals surface area contributed by atoms with Gasteiger partial charge in [-0.05, 0) is 6.92 Å². The first kappa shape index (κ1) is 17.7. The molecule has 0 radical (unpaired) electrons. The average Bonchev–Trinajstić information content (AvgIpc) is 2.33. The lowest BCUT2D eigenvalue weighted by Gasteiger charge is -2.20. The summed E-state index contributed by atoms with van der Waals surface area (Å²) in [5, 5.41) is 0. The second-order valence-electron chi connectivity index (χ2n) is 3.72. The van der Waals surface area contributed by atoms with Crippen molar-refractivity contribution in [1.29, 1.82) is 0 Å².